The molecule has 1 saturated heterocycles. The molecular formula is C18H21FN2O. The molecule has 3 nitrogen and oxygen atoms in total. The van der Waals surface area contributed by atoms with Gasteiger partial charge < -0.3 is 9.47 Å². The van der Waals surface area contributed by atoms with Crippen LogP contribution in [0.3, 0.4) is 0 Å². The second kappa shape index (κ2) is 5.95. The maximum absolute atomic E-state index is 13.3. The number of aromatic nitrogens is 1. The highest BCUT2D eigenvalue weighted by molar-refractivity contribution is 5.92. The van der Waals surface area contributed by atoms with Crippen LogP contribution in [0, 0.1) is 18.7 Å². The molecule has 1 aliphatic heterocycles. The van der Waals surface area contributed by atoms with Crippen LogP contribution in [-0.4, -0.2) is 28.5 Å². The average Bonchev–Trinajstić information content (AvgIpc) is 3.11. The maximum atomic E-state index is 13.3. The fraction of sp³-hybridized carbons (Fsp3) is 0.389. The number of nitrogens with zero attached hydrogens (tertiary/aromatic N) is 2. The summed E-state index contributed by atoms with van der Waals surface area (Å²) in [6.45, 7) is 3.37. The molecule has 1 atom stereocenters. The molecule has 3 rings (SSSR count). The molecule has 2 aromatic rings. The number of carbonyl (C=O) groups is 1. The summed E-state index contributed by atoms with van der Waals surface area (Å²) in [5, 5.41) is 0. The number of amides is 1. The standard InChI is InChI=1S/C18H21FN2O/c1-13-10-14(5-6-16(13)19)11-15-7-9-21(12-15)18(22)17-4-3-8-20(17)2/h3-6,8,10,15H,7,9,11-12H2,1-2H3. The Labute approximate surface area is 130 Å². The lowest BCUT2D eigenvalue weighted by molar-refractivity contribution is 0.0777. The number of aryl methyl sites for hydroxylation is 2. The summed E-state index contributed by atoms with van der Waals surface area (Å²) >= 11 is 0. The van der Waals surface area contributed by atoms with Crippen molar-refractivity contribution in [2.45, 2.75) is 19.8 Å². The Balaban J connectivity index is 1.64. The topological polar surface area (TPSA) is 25.2 Å². The molecule has 22 heavy (non-hydrogen) atoms. The van der Waals surface area contributed by atoms with E-state index in [4.69, 9.17) is 0 Å². The minimum atomic E-state index is -0.157. The van der Waals surface area contributed by atoms with Gasteiger partial charge in [0.25, 0.3) is 5.91 Å². The summed E-state index contributed by atoms with van der Waals surface area (Å²) in [6, 6.07) is 9.05. The molecule has 1 aromatic heterocycles. The van der Waals surface area contributed by atoms with Gasteiger partial charge in [-0.3, -0.25) is 4.79 Å². The van der Waals surface area contributed by atoms with E-state index >= 15 is 0 Å². The summed E-state index contributed by atoms with van der Waals surface area (Å²) in [5.41, 5.74) is 2.57. The number of hydrogen-bond donors (Lipinski definition) is 0. The molecule has 4 heteroatoms. The largest absolute Gasteiger partial charge is 0.347 e. The van der Waals surface area contributed by atoms with Crippen molar-refractivity contribution in [3.8, 4) is 0 Å². The highest BCUT2D eigenvalue weighted by atomic mass is 19.1. The minimum Gasteiger partial charge on any atom is -0.347 e. The number of hydrogen-bond acceptors (Lipinski definition) is 1. The first-order valence-electron chi connectivity index (χ1n) is 7.70. The van der Waals surface area contributed by atoms with E-state index in [9.17, 15) is 9.18 Å². The van der Waals surface area contributed by atoms with Crippen LogP contribution in [0.4, 0.5) is 4.39 Å². The quantitative estimate of drug-likeness (QED) is 0.854. The highest BCUT2D eigenvalue weighted by Gasteiger charge is 2.28. The van der Waals surface area contributed by atoms with Gasteiger partial charge in [0.05, 0.1) is 0 Å². The van der Waals surface area contributed by atoms with Gasteiger partial charge in [0.2, 0.25) is 0 Å². The molecule has 116 valence electrons. The molecule has 1 aliphatic rings. The molecule has 0 saturated carbocycles. The van der Waals surface area contributed by atoms with Gasteiger partial charge in [-0.1, -0.05) is 12.1 Å². The van der Waals surface area contributed by atoms with Crippen molar-refractivity contribution in [3.05, 3.63) is 59.2 Å². The van der Waals surface area contributed by atoms with E-state index in [2.05, 4.69) is 0 Å². The van der Waals surface area contributed by atoms with Crippen molar-refractivity contribution >= 4 is 5.91 Å². The second-order valence-electron chi connectivity index (χ2n) is 6.20. The third-order valence-electron chi connectivity index (χ3n) is 4.48. The van der Waals surface area contributed by atoms with Gasteiger partial charge >= 0.3 is 0 Å². The molecule has 1 unspecified atom stereocenters. The fourth-order valence-electron chi connectivity index (χ4n) is 3.20. The summed E-state index contributed by atoms with van der Waals surface area (Å²) in [7, 11) is 1.89. The molecule has 1 amide bonds. The van der Waals surface area contributed by atoms with Crippen LogP contribution in [0.15, 0.2) is 36.5 Å². The van der Waals surface area contributed by atoms with Gasteiger partial charge in [-0.2, -0.15) is 0 Å². The third-order valence-corrected chi connectivity index (χ3v) is 4.48. The lowest BCUT2D eigenvalue weighted by Gasteiger charge is -2.17. The van der Waals surface area contributed by atoms with Gasteiger partial charge in [-0.25, -0.2) is 4.39 Å². The van der Waals surface area contributed by atoms with Crippen LogP contribution in [0.25, 0.3) is 0 Å². The van der Waals surface area contributed by atoms with Gasteiger partial charge in [0.1, 0.15) is 11.5 Å². The second-order valence-corrected chi connectivity index (χ2v) is 6.20. The molecule has 0 radical (unpaired) electrons. The fourth-order valence-corrected chi connectivity index (χ4v) is 3.20. The molecule has 1 aromatic carbocycles. The number of rotatable bonds is 3. The molecule has 0 aliphatic carbocycles. The van der Waals surface area contributed by atoms with Crippen molar-refractivity contribution < 1.29 is 9.18 Å². The zero-order valence-electron chi connectivity index (χ0n) is 13.1. The first-order chi connectivity index (χ1) is 10.5. The lowest BCUT2D eigenvalue weighted by atomic mass is 9.97. The first-order valence-corrected chi connectivity index (χ1v) is 7.70. The van der Waals surface area contributed by atoms with Crippen LogP contribution in [0.1, 0.15) is 28.0 Å². The highest BCUT2D eigenvalue weighted by Crippen LogP contribution is 2.23. The lowest BCUT2D eigenvalue weighted by Crippen LogP contribution is -2.30. The van der Waals surface area contributed by atoms with Crippen molar-refractivity contribution in [1.29, 1.82) is 0 Å². The average molecular weight is 300 g/mol. The van der Waals surface area contributed by atoms with Crippen LogP contribution in [0.2, 0.25) is 0 Å². The number of halogens is 1. The van der Waals surface area contributed by atoms with E-state index in [-0.39, 0.29) is 11.7 Å². The summed E-state index contributed by atoms with van der Waals surface area (Å²) in [4.78, 5) is 14.4. The molecular weight excluding hydrogens is 279 g/mol. The predicted octanol–water partition coefficient (Wildman–Crippen LogP) is 3.18. The summed E-state index contributed by atoms with van der Waals surface area (Å²) in [5.74, 6) is 0.398. The van der Waals surface area contributed by atoms with Crippen LogP contribution in [0.5, 0.6) is 0 Å². The van der Waals surface area contributed by atoms with Gasteiger partial charge in [-0.05, 0) is 55.0 Å². The van der Waals surface area contributed by atoms with Crippen LogP contribution in [-0.2, 0) is 13.5 Å². The normalized spacial score (nSPS) is 18.0. The van der Waals surface area contributed by atoms with E-state index in [1.807, 2.05) is 47.0 Å². The van der Waals surface area contributed by atoms with Gasteiger partial charge in [0.15, 0.2) is 0 Å². The Kier molecular flexibility index (Phi) is 4.01. The SMILES string of the molecule is Cc1cc(CC2CCN(C(=O)c3cccn3C)C2)ccc1F. The Morgan fingerprint density at radius 1 is 1.36 bits per heavy atom. The third kappa shape index (κ3) is 2.91. The maximum Gasteiger partial charge on any atom is 0.270 e. The van der Waals surface area contributed by atoms with E-state index in [0.29, 0.717) is 11.5 Å². The Morgan fingerprint density at radius 2 is 2.18 bits per heavy atom. The smallest absolute Gasteiger partial charge is 0.270 e. The minimum absolute atomic E-state index is 0.102. The van der Waals surface area contributed by atoms with Crippen molar-refractivity contribution in [1.82, 2.24) is 9.47 Å². The monoisotopic (exact) mass is 300 g/mol. The van der Waals surface area contributed by atoms with E-state index in [0.717, 1.165) is 37.2 Å². The molecule has 1 fully saturated rings. The Bertz CT molecular complexity index is 692. The Morgan fingerprint density at radius 3 is 2.86 bits per heavy atom. The molecule has 2 heterocycles. The number of likely N-dealkylation sites (tertiary alicyclic amines) is 1. The zero-order chi connectivity index (χ0) is 15.7. The summed E-state index contributed by atoms with van der Waals surface area (Å²) in [6.07, 6.45) is 3.80. The van der Waals surface area contributed by atoms with E-state index in [1.165, 1.54) is 6.07 Å². The zero-order valence-corrected chi connectivity index (χ0v) is 13.1. The van der Waals surface area contributed by atoms with Crippen molar-refractivity contribution in [2.75, 3.05) is 13.1 Å². The van der Waals surface area contributed by atoms with Crippen molar-refractivity contribution in [3.63, 3.8) is 0 Å². The van der Waals surface area contributed by atoms with Crippen molar-refractivity contribution in [2.24, 2.45) is 13.0 Å². The van der Waals surface area contributed by atoms with E-state index < -0.39 is 0 Å². The summed E-state index contributed by atoms with van der Waals surface area (Å²) < 4.78 is 15.2. The first kappa shape index (κ1) is 14.8. The van der Waals surface area contributed by atoms with Gasteiger partial charge in [0, 0.05) is 26.3 Å². The predicted molar refractivity (Wildman–Crippen MR) is 84.3 cm³/mol. The number of carbonyl (C=O) groups excluding carboxylic acids is 1. The van der Waals surface area contributed by atoms with Crippen LogP contribution >= 0.6 is 0 Å². The molecule has 0 bridgehead atoms. The van der Waals surface area contributed by atoms with Gasteiger partial charge in [-0.15, -0.1) is 0 Å². The molecule has 0 spiro atoms. The van der Waals surface area contributed by atoms with E-state index in [1.54, 1.807) is 6.92 Å². The number of benzene rings is 1. The molecule has 0 N–H and O–H groups in total. The van der Waals surface area contributed by atoms with Crippen LogP contribution < -0.4 is 0 Å². The Hall–Kier alpha value is -2.10.